The van der Waals surface area contributed by atoms with E-state index in [1.165, 1.54) is 0 Å². The lowest BCUT2D eigenvalue weighted by Crippen LogP contribution is -2.46. The number of amides is 1. The number of piperidine rings is 1. The number of ether oxygens (including phenoxy) is 1. The zero-order valence-corrected chi connectivity index (χ0v) is 13.0. The van der Waals surface area contributed by atoms with Gasteiger partial charge in [0.15, 0.2) is 6.61 Å². The number of nitrogens with zero attached hydrogens (tertiary/aromatic N) is 1. The van der Waals surface area contributed by atoms with Crippen LogP contribution in [0.4, 0.5) is 0 Å². The lowest BCUT2D eigenvalue weighted by atomic mass is 9.98. The molecule has 120 valence electrons. The molecule has 0 spiro atoms. The van der Waals surface area contributed by atoms with Crippen molar-refractivity contribution in [2.24, 2.45) is 0 Å². The number of rotatable bonds is 6. The molecule has 5 nitrogen and oxygen atoms in total. The standard InChI is InChI=1S/C17H23NO4/c1-13-5-4-7-15(11-13)22-12-16(19)18-10-3-2-6-14(18)8-9-17(20)21/h4-5,7,11,14H,2-3,6,8-10,12H2,1H3,(H,20,21)/t14-/m0/s1. The van der Waals surface area contributed by atoms with Crippen molar-refractivity contribution in [2.45, 2.75) is 45.1 Å². The first-order chi connectivity index (χ1) is 10.6. The predicted octanol–water partition coefficient (Wildman–Crippen LogP) is 2.62. The number of carboxylic acid groups (broad SMARTS) is 1. The van der Waals surface area contributed by atoms with Crippen LogP contribution in [0.1, 0.15) is 37.7 Å². The number of carbonyl (C=O) groups excluding carboxylic acids is 1. The number of aliphatic carboxylic acids is 1. The Hall–Kier alpha value is -2.04. The maximum absolute atomic E-state index is 12.4. The van der Waals surface area contributed by atoms with Crippen molar-refractivity contribution in [1.82, 2.24) is 4.90 Å². The summed E-state index contributed by atoms with van der Waals surface area (Å²) in [7, 11) is 0. The van der Waals surface area contributed by atoms with Gasteiger partial charge in [0.1, 0.15) is 5.75 Å². The Kier molecular flexibility index (Phi) is 5.81. The Bertz CT molecular complexity index is 529. The van der Waals surface area contributed by atoms with Crippen LogP contribution in [0.3, 0.4) is 0 Å². The van der Waals surface area contributed by atoms with E-state index < -0.39 is 5.97 Å². The van der Waals surface area contributed by atoms with Gasteiger partial charge in [0, 0.05) is 19.0 Å². The molecule has 0 aliphatic carbocycles. The fraction of sp³-hybridized carbons (Fsp3) is 0.529. The molecule has 0 bridgehead atoms. The maximum atomic E-state index is 12.4. The third kappa shape index (κ3) is 4.76. The third-order valence-corrected chi connectivity index (χ3v) is 3.99. The van der Waals surface area contributed by atoms with Gasteiger partial charge in [-0.05, 0) is 50.3 Å². The highest BCUT2D eigenvalue weighted by Crippen LogP contribution is 2.21. The van der Waals surface area contributed by atoms with Gasteiger partial charge in [0.25, 0.3) is 5.91 Å². The Morgan fingerprint density at radius 2 is 2.18 bits per heavy atom. The lowest BCUT2D eigenvalue weighted by Gasteiger charge is -2.35. The Morgan fingerprint density at radius 1 is 1.36 bits per heavy atom. The van der Waals surface area contributed by atoms with E-state index in [0.717, 1.165) is 24.8 Å². The van der Waals surface area contributed by atoms with Crippen LogP contribution in [0.2, 0.25) is 0 Å². The topological polar surface area (TPSA) is 66.8 Å². The average molecular weight is 305 g/mol. The summed E-state index contributed by atoms with van der Waals surface area (Å²) in [4.78, 5) is 24.9. The quantitative estimate of drug-likeness (QED) is 0.877. The monoisotopic (exact) mass is 305 g/mol. The molecule has 22 heavy (non-hydrogen) atoms. The van der Waals surface area contributed by atoms with Gasteiger partial charge < -0.3 is 14.7 Å². The molecule has 5 heteroatoms. The largest absolute Gasteiger partial charge is 0.484 e. The van der Waals surface area contributed by atoms with Crippen LogP contribution in [0.15, 0.2) is 24.3 Å². The fourth-order valence-corrected chi connectivity index (χ4v) is 2.85. The van der Waals surface area contributed by atoms with Crippen LogP contribution >= 0.6 is 0 Å². The van der Waals surface area contributed by atoms with Crippen molar-refractivity contribution in [3.63, 3.8) is 0 Å². The van der Waals surface area contributed by atoms with Gasteiger partial charge in [-0.3, -0.25) is 9.59 Å². The average Bonchev–Trinajstić information content (AvgIpc) is 2.51. The molecule has 1 aliphatic heterocycles. The van der Waals surface area contributed by atoms with Gasteiger partial charge >= 0.3 is 5.97 Å². The van der Waals surface area contributed by atoms with E-state index in [4.69, 9.17) is 9.84 Å². The van der Waals surface area contributed by atoms with Gasteiger partial charge in [-0.1, -0.05) is 12.1 Å². The van der Waals surface area contributed by atoms with Crippen LogP contribution < -0.4 is 4.74 Å². The van der Waals surface area contributed by atoms with E-state index in [-0.39, 0.29) is 25.0 Å². The number of likely N-dealkylation sites (tertiary alicyclic amines) is 1. The summed E-state index contributed by atoms with van der Waals surface area (Å²) in [6.45, 7) is 2.68. The van der Waals surface area contributed by atoms with Gasteiger partial charge in [0.05, 0.1) is 0 Å². The molecule has 1 heterocycles. The number of aryl methyl sites for hydroxylation is 1. The van der Waals surface area contributed by atoms with Gasteiger partial charge in [-0.25, -0.2) is 0 Å². The minimum atomic E-state index is -0.811. The number of benzene rings is 1. The minimum Gasteiger partial charge on any atom is -0.484 e. The van der Waals surface area contributed by atoms with E-state index in [1.807, 2.05) is 31.2 Å². The van der Waals surface area contributed by atoms with E-state index in [2.05, 4.69) is 0 Å². The summed E-state index contributed by atoms with van der Waals surface area (Å²) in [6, 6.07) is 7.62. The first kappa shape index (κ1) is 16.3. The molecule has 1 aromatic carbocycles. The molecule has 0 aromatic heterocycles. The van der Waals surface area contributed by atoms with Crippen LogP contribution in [0.25, 0.3) is 0 Å². The number of carbonyl (C=O) groups is 2. The number of hydrogen-bond acceptors (Lipinski definition) is 3. The molecule has 2 rings (SSSR count). The molecule has 0 saturated carbocycles. The van der Waals surface area contributed by atoms with Crippen molar-refractivity contribution in [1.29, 1.82) is 0 Å². The molecule has 1 aromatic rings. The van der Waals surface area contributed by atoms with Crippen molar-refractivity contribution in [3.05, 3.63) is 29.8 Å². The van der Waals surface area contributed by atoms with Crippen LogP contribution in [0, 0.1) is 6.92 Å². The minimum absolute atomic E-state index is 0.00697. The Balaban J connectivity index is 1.89. The molecule has 0 radical (unpaired) electrons. The highest BCUT2D eigenvalue weighted by molar-refractivity contribution is 5.78. The summed E-state index contributed by atoms with van der Waals surface area (Å²) >= 11 is 0. The molecule has 1 saturated heterocycles. The van der Waals surface area contributed by atoms with Crippen LogP contribution in [-0.4, -0.2) is 41.1 Å². The van der Waals surface area contributed by atoms with E-state index >= 15 is 0 Å². The highest BCUT2D eigenvalue weighted by atomic mass is 16.5. The summed E-state index contributed by atoms with van der Waals surface area (Å²) in [5.41, 5.74) is 1.09. The van der Waals surface area contributed by atoms with Crippen molar-refractivity contribution in [2.75, 3.05) is 13.2 Å². The molecule has 0 unspecified atom stereocenters. The van der Waals surface area contributed by atoms with E-state index in [9.17, 15) is 9.59 Å². The number of hydrogen-bond donors (Lipinski definition) is 1. The van der Waals surface area contributed by atoms with E-state index in [0.29, 0.717) is 18.7 Å². The second-order valence-electron chi connectivity index (χ2n) is 5.77. The van der Waals surface area contributed by atoms with Gasteiger partial charge in [-0.15, -0.1) is 0 Å². The smallest absolute Gasteiger partial charge is 0.303 e. The molecule has 1 N–H and O–H groups in total. The van der Waals surface area contributed by atoms with Gasteiger partial charge in [-0.2, -0.15) is 0 Å². The van der Waals surface area contributed by atoms with Crippen LogP contribution in [0.5, 0.6) is 5.75 Å². The normalized spacial score (nSPS) is 18.0. The maximum Gasteiger partial charge on any atom is 0.303 e. The first-order valence-electron chi connectivity index (χ1n) is 7.77. The fourth-order valence-electron chi connectivity index (χ4n) is 2.85. The van der Waals surface area contributed by atoms with Gasteiger partial charge in [0.2, 0.25) is 0 Å². The lowest BCUT2D eigenvalue weighted by molar-refractivity contribution is -0.141. The molecular weight excluding hydrogens is 282 g/mol. The Morgan fingerprint density at radius 3 is 2.91 bits per heavy atom. The zero-order chi connectivity index (χ0) is 15.9. The van der Waals surface area contributed by atoms with Crippen molar-refractivity contribution < 1.29 is 19.4 Å². The second-order valence-corrected chi connectivity index (χ2v) is 5.77. The third-order valence-electron chi connectivity index (χ3n) is 3.99. The van der Waals surface area contributed by atoms with E-state index in [1.54, 1.807) is 4.90 Å². The first-order valence-corrected chi connectivity index (χ1v) is 7.77. The predicted molar refractivity (Wildman–Crippen MR) is 82.9 cm³/mol. The SMILES string of the molecule is Cc1cccc(OCC(=O)N2CCCC[C@H]2CCC(=O)O)c1. The van der Waals surface area contributed by atoms with Crippen molar-refractivity contribution >= 4 is 11.9 Å². The highest BCUT2D eigenvalue weighted by Gasteiger charge is 2.27. The summed E-state index contributed by atoms with van der Waals surface area (Å²) in [6.07, 6.45) is 3.52. The summed E-state index contributed by atoms with van der Waals surface area (Å²) < 4.78 is 5.57. The molecular formula is C17H23NO4. The molecule has 1 atom stereocenters. The molecule has 1 fully saturated rings. The van der Waals surface area contributed by atoms with Crippen LogP contribution in [-0.2, 0) is 9.59 Å². The Labute approximate surface area is 130 Å². The second kappa shape index (κ2) is 7.82. The molecule has 1 aliphatic rings. The van der Waals surface area contributed by atoms with Crippen molar-refractivity contribution in [3.8, 4) is 5.75 Å². The number of carboxylic acids is 1. The summed E-state index contributed by atoms with van der Waals surface area (Å²) in [5, 5.41) is 8.82. The zero-order valence-electron chi connectivity index (χ0n) is 13.0. The summed E-state index contributed by atoms with van der Waals surface area (Å²) in [5.74, 6) is -0.182. The molecule has 1 amide bonds.